The third kappa shape index (κ3) is 4.56. The van der Waals surface area contributed by atoms with E-state index in [-0.39, 0.29) is 12.4 Å². The molecule has 0 unspecified atom stereocenters. The lowest BCUT2D eigenvalue weighted by Crippen LogP contribution is -2.39. The maximum Gasteiger partial charge on any atom is 0.281 e. The maximum atomic E-state index is 13.1. The lowest BCUT2D eigenvalue weighted by atomic mass is 10.2. The monoisotopic (exact) mass is 288 g/mol. The van der Waals surface area contributed by atoms with Crippen LogP contribution in [0.3, 0.4) is 0 Å². The first kappa shape index (κ1) is 16.1. The number of hydrogen-bond acceptors (Lipinski definition) is 2. The molecule has 0 aliphatic carbocycles. The van der Waals surface area contributed by atoms with Gasteiger partial charge in [0.2, 0.25) is 0 Å². The third-order valence-electron chi connectivity index (χ3n) is 2.91. The summed E-state index contributed by atoms with van der Waals surface area (Å²) in [5.41, 5.74) is 0.634. The molecule has 19 heavy (non-hydrogen) atoms. The molecule has 0 saturated heterocycles. The molecule has 6 heteroatoms. The topological polar surface area (TPSA) is 40.6 Å². The fourth-order valence-corrected chi connectivity index (χ4v) is 2.86. The highest BCUT2D eigenvalue weighted by Crippen LogP contribution is 2.12. The van der Waals surface area contributed by atoms with Crippen molar-refractivity contribution >= 4 is 10.2 Å². The summed E-state index contributed by atoms with van der Waals surface area (Å²) in [5.74, 6) is -0.359. The summed E-state index contributed by atoms with van der Waals surface area (Å²) >= 11 is 0. The number of benzene rings is 1. The first-order valence-corrected chi connectivity index (χ1v) is 7.69. The van der Waals surface area contributed by atoms with E-state index in [1.54, 1.807) is 19.2 Å². The van der Waals surface area contributed by atoms with E-state index in [9.17, 15) is 12.8 Å². The van der Waals surface area contributed by atoms with Crippen LogP contribution < -0.4 is 0 Å². The van der Waals surface area contributed by atoms with Gasteiger partial charge in [0, 0.05) is 27.2 Å². The highest BCUT2D eigenvalue weighted by atomic mass is 32.2. The second kappa shape index (κ2) is 6.98. The van der Waals surface area contributed by atoms with Crippen molar-refractivity contribution < 1.29 is 12.8 Å². The van der Waals surface area contributed by atoms with Gasteiger partial charge in [0.05, 0.1) is 0 Å². The summed E-state index contributed by atoms with van der Waals surface area (Å²) in [4.78, 5) is 0. The van der Waals surface area contributed by atoms with Crippen molar-refractivity contribution in [2.45, 2.75) is 26.3 Å². The van der Waals surface area contributed by atoms with E-state index in [2.05, 4.69) is 0 Å². The predicted octanol–water partition coefficient (Wildman–Crippen LogP) is 2.23. The van der Waals surface area contributed by atoms with Gasteiger partial charge in [-0.1, -0.05) is 25.5 Å². The van der Waals surface area contributed by atoms with Crippen LogP contribution in [0.2, 0.25) is 0 Å². The number of halogens is 1. The SMILES string of the molecule is CCCCN(C)S(=O)(=O)N(C)Cc1cccc(F)c1. The Labute approximate surface area is 115 Å². The second-order valence-corrected chi connectivity index (χ2v) is 6.71. The Morgan fingerprint density at radius 2 is 1.89 bits per heavy atom. The van der Waals surface area contributed by atoms with Gasteiger partial charge in [0.25, 0.3) is 10.2 Å². The van der Waals surface area contributed by atoms with Gasteiger partial charge < -0.3 is 0 Å². The average molecular weight is 288 g/mol. The Bertz CT molecular complexity index is 505. The molecule has 0 amide bonds. The van der Waals surface area contributed by atoms with Crippen LogP contribution >= 0.6 is 0 Å². The van der Waals surface area contributed by atoms with Gasteiger partial charge in [-0.25, -0.2) is 4.39 Å². The smallest absolute Gasteiger partial charge is 0.207 e. The molecule has 0 aliphatic heterocycles. The van der Waals surface area contributed by atoms with Crippen LogP contribution in [0, 0.1) is 5.82 Å². The minimum Gasteiger partial charge on any atom is -0.207 e. The number of hydrogen-bond donors (Lipinski definition) is 0. The van der Waals surface area contributed by atoms with Crippen LogP contribution in [0.1, 0.15) is 25.3 Å². The minimum absolute atomic E-state index is 0.163. The Kier molecular flexibility index (Phi) is 5.90. The van der Waals surface area contributed by atoms with Gasteiger partial charge in [-0.2, -0.15) is 17.0 Å². The van der Waals surface area contributed by atoms with Crippen molar-refractivity contribution in [3.63, 3.8) is 0 Å². The molecule has 1 rings (SSSR count). The van der Waals surface area contributed by atoms with E-state index in [1.807, 2.05) is 6.92 Å². The van der Waals surface area contributed by atoms with Gasteiger partial charge in [-0.15, -0.1) is 0 Å². The molecule has 0 atom stereocenters. The van der Waals surface area contributed by atoms with Crippen molar-refractivity contribution in [1.82, 2.24) is 8.61 Å². The molecule has 0 saturated carbocycles. The molecule has 0 bridgehead atoms. The van der Waals surface area contributed by atoms with E-state index in [0.29, 0.717) is 12.1 Å². The van der Waals surface area contributed by atoms with Crippen LogP contribution in [0.4, 0.5) is 4.39 Å². The van der Waals surface area contributed by atoms with Crippen LogP contribution in [0.25, 0.3) is 0 Å². The van der Waals surface area contributed by atoms with E-state index < -0.39 is 10.2 Å². The highest BCUT2D eigenvalue weighted by Gasteiger charge is 2.23. The molecule has 0 spiro atoms. The molecule has 0 aliphatic rings. The average Bonchev–Trinajstić information content (AvgIpc) is 2.35. The minimum atomic E-state index is -3.48. The van der Waals surface area contributed by atoms with Crippen LogP contribution in [-0.2, 0) is 16.8 Å². The normalized spacial score (nSPS) is 12.3. The van der Waals surface area contributed by atoms with Crippen LogP contribution in [0.15, 0.2) is 24.3 Å². The number of nitrogens with zero attached hydrogens (tertiary/aromatic N) is 2. The van der Waals surface area contributed by atoms with Crippen molar-refractivity contribution in [3.05, 3.63) is 35.6 Å². The van der Waals surface area contributed by atoms with Crippen molar-refractivity contribution in [2.24, 2.45) is 0 Å². The quantitative estimate of drug-likeness (QED) is 0.772. The Morgan fingerprint density at radius 3 is 2.47 bits per heavy atom. The fourth-order valence-electron chi connectivity index (χ4n) is 1.71. The van der Waals surface area contributed by atoms with Gasteiger partial charge in [0.15, 0.2) is 0 Å². The maximum absolute atomic E-state index is 13.1. The molecule has 4 nitrogen and oxygen atoms in total. The summed E-state index contributed by atoms with van der Waals surface area (Å²) in [6.07, 6.45) is 1.76. The molecular weight excluding hydrogens is 267 g/mol. The summed E-state index contributed by atoms with van der Waals surface area (Å²) < 4.78 is 40.0. The molecule has 0 fully saturated rings. The molecule has 0 heterocycles. The zero-order valence-electron chi connectivity index (χ0n) is 11.6. The standard InChI is InChI=1S/C13H21FN2O2S/c1-4-5-9-15(2)19(17,18)16(3)11-12-7-6-8-13(14)10-12/h6-8,10H,4-5,9,11H2,1-3H3. The Balaban J connectivity index is 2.73. The van der Waals surface area contributed by atoms with Crippen LogP contribution in [0.5, 0.6) is 0 Å². The second-order valence-electron chi connectivity index (χ2n) is 4.57. The number of rotatable bonds is 7. The molecule has 0 radical (unpaired) electrons. The fraction of sp³-hybridized carbons (Fsp3) is 0.538. The van der Waals surface area contributed by atoms with Gasteiger partial charge in [-0.05, 0) is 24.1 Å². The van der Waals surface area contributed by atoms with Crippen molar-refractivity contribution in [3.8, 4) is 0 Å². The predicted molar refractivity (Wildman–Crippen MR) is 74.3 cm³/mol. The first-order chi connectivity index (χ1) is 8.87. The lowest BCUT2D eigenvalue weighted by Gasteiger charge is -2.24. The summed E-state index contributed by atoms with van der Waals surface area (Å²) in [6, 6.07) is 5.97. The lowest BCUT2D eigenvalue weighted by molar-refractivity contribution is 0.385. The van der Waals surface area contributed by atoms with Gasteiger partial charge in [-0.3, -0.25) is 0 Å². The largest absolute Gasteiger partial charge is 0.281 e. The summed E-state index contributed by atoms with van der Waals surface area (Å²) in [5, 5.41) is 0. The summed E-state index contributed by atoms with van der Waals surface area (Å²) in [6.45, 7) is 2.67. The van der Waals surface area contributed by atoms with Gasteiger partial charge in [0.1, 0.15) is 5.82 Å². The third-order valence-corrected chi connectivity index (χ3v) is 4.80. The zero-order chi connectivity index (χ0) is 14.5. The van der Waals surface area contributed by atoms with Gasteiger partial charge >= 0.3 is 0 Å². The Hall–Kier alpha value is -0.980. The van der Waals surface area contributed by atoms with Crippen molar-refractivity contribution in [2.75, 3.05) is 20.6 Å². The molecule has 0 aromatic heterocycles. The van der Waals surface area contributed by atoms with E-state index in [4.69, 9.17) is 0 Å². The van der Waals surface area contributed by atoms with E-state index >= 15 is 0 Å². The van der Waals surface area contributed by atoms with E-state index in [1.165, 1.54) is 27.8 Å². The summed E-state index contributed by atoms with van der Waals surface area (Å²) in [7, 11) is -0.413. The number of unbranched alkanes of at least 4 members (excludes halogenated alkanes) is 1. The van der Waals surface area contributed by atoms with Crippen molar-refractivity contribution in [1.29, 1.82) is 0 Å². The van der Waals surface area contributed by atoms with E-state index in [0.717, 1.165) is 12.8 Å². The molecule has 0 N–H and O–H groups in total. The highest BCUT2D eigenvalue weighted by molar-refractivity contribution is 7.86. The van der Waals surface area contributed by atoms with Crippen LogP contribution in [-0.4, -0.2) is 37.7 Å². The molecule has 1 aromatic carbocycles. The Morgan fingerprint density at radius 1 is 1.21 bits per heavy atom. The molecule has 108 valence electrons. The zero-order valence-corrected chi connectivity index (χ0v) is 12.5. The first-order valence-electron chi connectivity index (χ1n) is 6.30. The molecular formula is C13H21FN2O2S. The molecule has 1 aromatic rings.